The van der Waals surface area contributed by atoms with Gasteiger partial charge in [0.05, 0.1) is 15.3 Å². The molecule has 0 fully saturated rings. The molecule has 3 aromatic carbocycles. The molecule has 0 amide bonds. The molecule has 4 rings (SSSR count). The van der Waals surface area contributed by atoms with Crippen LogP contribution in [-0.2, 0) is 9.84 Å². The Kier molecular flexibility index (Phi) is 5.02. The lowest BCUT2D eigenvalue weighted by Gasteiger charge is -2.14. The largest absolute Gasteiger partial charge is 0.255 e. The number of halogens is 4. The first-order valence-corrected chi connectivity index (χ1v) is 10.5. The predicted octanol–water partition coefficient (Wildman–Crippen LogP) is 6.32. The highest BCUT2D eigenvalue weighted by Crippen LogP contribution is 2.37. The van der Waals surface area contributed by atoms with Crippen LogP contribution in [0.1, 0.15) is 0 Å². The summed E-state index contributed by atoms with van der Waals surface area (Å²) in [5.74, 6) is -0.975. The molecule has 0 radical (unpaired) electrons. The average Bonchev–Trinajstić information content (AvgIpc) is 2.67. The van der Waals surface area contributed by atoms with Gasteiger partial charge in [-0.15, -0.1) is 0 Å². The molecule has 0 aliphatic carbocycles. The number of sulfone groups is 1. The molecule has 0 saturated carbocycles. The minimum absolute atomic E-state index is 0.110. The summed E-state index contributed by atoms with van der Waals surface area (Å²) in [6.07, 6.45) is 1.16. The third-order valence-corrected chi connectivity index (χ3v) is 6.55. The SMILES string of the molecule is O=S(=O)(c1cc(Cl)cc(Cl)c1)c1cnc2cc(F)ccc2c1-c1ccc(F)cc1. The van der Waals surface area contributed by atoms with Crippen LogP contribution < -0.4 is 0 Å². The van der Waals surface area contributed by atoms with Gasteiger partial charge in [-0.05, 0) is 48.0 Å². The van der Waals surface area contributed by atoms with Gasteiger partial charge < -0.3 is 0 Å². The summed E-state index contributed by atoms with van der Waals surface area (Å²) in [6.45, 7) is 0. The van der Waals surface area contributed by atoms with Gasteiger partial charge >= 0.3 is 0 Å². The van der Waals surface area contributed by atoms with Crippen LogP contribution in [0.3, 0.4) is 0 Å². The summed E-state index contributed by atoms with van der Waals surface area (Å²) in [4.78, 5) is 3.89. The lowest BCUT2D eigenvalue weighted by Crippen LogP contribution is -2.06. The minimum atomic E-state index is -4.09. The summed E-state index contributed by atoms with van der Waals surface area (Å²) < 4.78 is 53.9. The molecule has 0 atom stereocenters. The molecule has 1 heterocycles. The predicted molar refractivity (Wildman–Crippen MR) is 109 cm³/mol. The Labute approximate surface area is 175 Å². The maximum atomic E-state index is 13.7. The van der Waals surface area contributed by atoms with Crippen molar-refractivity contribution in [3.8, 4) is 11.1 Å². The Hall–Kier alpha value is -2.54. The van der Waals surface area contributed by atoms with Gasteiger partial charge in [-0.1, -0.05) is 35.3 Å². The zero-order valence-corrected chi connectivity index (χ0v) is 16.9. The standard InChI is InChI=1S/C21H11Cl2F2NO2S/c22-13-7-14(23)9-17(8-13)29(27,28)20-11-26-19-10-16(25)5-6-18(19)21(20)12-1-3-15(24)4-2-12/h1-11H. The lowest BCUT2D eigenvalue weighted by atomic mass is 10.0. The van der Waals surface area contributed by atoms with Crippen molar-refractivity contribution in [1.29, 1.82) is 0 Å². The van der Waals surface area contributed by atoms with E-state index in [1.54, 1.807) is 0 Å². The molecule has 4 aromatic rings. The van der Waals surface area contributed by atoms with E-state index in [1.165, 1.54) is 60.7 Å². The van der Waals surface area contributed by atoms with Crippen molar-refractivity contribution in [3.63, 3.8) is 0 Å². The molecule has 0 aliphatic heterocycles. The average molecular weight is 450 g/mol. The fourth-order valence-electron chi connectivity index (χ4n) is 3.08. The molecule has 29 heavy (non-hydrogen) atoms. The third-order valence-electron chi connectivity index (χ3n) is 4.37. The van der Waals surface area contributed by atoms with Crippen molar-refractivity contribution in [2.24, 2.45) is 0 Å². The normalized spacial score (nSPS) is 11.7. The maximum absolute atomic E-state index is 13.7. The van der Waals surface area contributed by atoms with E-state index >= 15 is 0 Å². The van der Waals surface area contributed by atoms with E-state index in [4.69, 9.17) is 23.2 Å². The van der Waals surface area contributed by atoms with Crippen molar-refractivity contribution in [1.82, 2.24) is 4.98 Å². The van der Waals surface area contributed by atoms with Crippen LogP contribution in [0.25, 0.3) is 22.0 Å². The van der Waals surface area contributed by atoms with Crippen molar-refractivity contribution >= 4 is 43.9 Å². The maximum Gasteiger partial charge on any atom is 0.208 e. The molecule has 0 aliphatic rings. The first-order chi connectivity index (χ1) is 13.8. The van der Waals surface area contributed by atoms with E-state index in [9.17, 15) is 17.2 Å². The number of aromatic nitrogens is 1. The second kappa shape index (κ2) is 7.37. The molecule has 0 unspecified atom stereocenters. The molecule has 8 heteroatoms. The molecular weight excluding hydrogens is 439 g/mol. The summed E-state index contributed by atoms with van der Waals surface area (Å²) in [6, 6.07) is 13.2. The zero-order chi connectivity index (χ0) is 20.8. The van der Waals surface area contributed by atoms with Crippen LogP contribution in [0.2, 0.25) is 10.0 Å². The fourth-order valence-corrected chi connectivity index (χ4v) is 5.24. The Morgan fingerprint density at radius 2 is 1.41 bits per heavy atom. The monoisotopic (exact) mass is 449 g/mol. The number of rotatable bonds is 3. The molecule has 0 spiro atoms. The number of nitrogens with zero attached hydrogens (tertiary/aromatic N) is 1. The highest BCUT2D eigenvalue weighted by Gasteiger charge is 2.25. The minimum Gasteiger partial charge on any atom is -0.255 e. The van der Waals surface area contributed by atoms with Gasteiger partial charge in [-0.3, -0.25) is 4.98 Å². The Balaban J connectivity index is 2.07. The van der Waals surface area contributed by atoms with Crippen molar-refractivity contribution in [3.05, 3.63) is 88.5 Å². The second-order valence-corrected chi connectivity index (χ2v) is 9.07. The number of fused-ring (bicyclic) bond motifs is 1. The van der Waals surface area contributed by atoms with Gasteiger partial charge in [-0.2, -0.15) is 0 Å². The van der Waals surface area contributed by atoms with Crippen LogP contribution >= 0.6 is 23.2 Å². The van der Waals surface area contributed by atoms with Crippen molar-refractivity contribution in [2.75, 3.05) is 0 Å². The van der Waals surface area contributed by atoms with Crippen molar-refractivity contribution < 1.29 is 17.2 Å². The van der Waals surface area contributed by atoms with Crippen molar-refractivity contribution in [2.45, 2.75) is 9.79 Å². The summed E-state index contributed by atoms with van der Waals surface area (Å²) in [5.41, 5.74) is 0.996. The van der Waals surface area contributed by atoms with Gasteiger partial charge in [-0.25, -0.2) is 17.2 Å². The quantitative estimate of drug-likeness (QED) is 0.367. The third kappa shape index (κ3) is 3.71. The van der Waals surface area contributed by atoms with Crippen LogP contribution in [0, 0.1) is 11.6 Å². The van der Waals surface area contributed by atoms with Crippen LogP contribution in [0.15, 0.2) is 76.7 Å². The van der Waals surface area contributed by atoms with Gasteiger partial charge in [0, 0.05) is 33.3 Å². The first kappa shape index (κ1) is 19.8. The Morgan fingerprint density at radius 3 is 2.07 bits per heavy atom. The molecule has 3 nitrogen and oxygen atoms in total. The lowest BCUT2D eigenvalue weighted by molar-refractivity contribution is 0.596. The van der Waals surface area contributed by atoms with Crippen LogP contribution in [0.4, 0.5) is 8.78 Å². The highest BCUT2D eigenvalue weighted by atomic mass is 35.5. The molecule has 1 aromatic heterocycles. The topological polar surface area (TPSA) is 47.0 Å². The molecule has 0 saturated heterocycles. The van der Waals surface area contributed by atoms with Gasteiger partial charge in [0.1, 0.15) is 11.6 Å². The second-order valence-electron chi connectivity index (χ2n) is 6.27. The number of hydrogen-bond donors (Lipinski definition) is 0. The summed E-state index contributed by atoms with van der Waals surface area (Å²) in [5, 5.41) is 0.734. The molecule has 0 N–H and O–H groups in total. The Morgan fingerprint density at radius 1 is 0.793 bits per heavy atom. The van der Waals surface area contributed by atoms with Crippen LogP contribution in [-0.4, -0.2) is 13.4 Å². The highest BCUT2D eigenvalue weighted by molar-refractivity contribution is 7.91. The summed E-state index contributed by atoms with van der Waals surface area (Å²) in [7, 11) is -4.09. The van der Waals surface area contributed by atoms with E-state index in [2.05, 4.69) is 4.98 Å². The molecule has 0 bridgehead atoms. The zero-order valence-electron chi connectivity index (χ0n) is 14.5. The van der Waals surface area contributed by atoms with Gasteiger partial charge in [0.15, 0.2) is 0 Å². The van der Waals surface area contributed by atoms with E-state index in [-0.39, 0.29) is 30.9 Å². The number of hydrogen-bond acceptors (Lipinski definition) is 3. The summed E-state index contributed by atoms with van der Waals surface area (Å²) >= 11 is 12.0. The number of benzene rings is 3. The van der Waals surface area contributed by atoms with Gasteiger partial charge in [0.2, 0.25) is 9.84 Å². The Bertz CT molecular complexity index is 1340. The fraction of sp³-hybridized carbons (Fsp3) is 0. The van der Waals surface area contributed by atoms with E-state index in [1.807, 2.05) is 0 Å². The first-order valence-electron chi connectivity index (χ1n) is 8.31. The molecular formula is C21H11Cl2F2NO2S. The van der Waals surface area contributed by atoms with Crippen LogP contribution in [0.5, 0.6) is 0 Å². The van der Waals surface area contributed by atoms with E-state index in [0.717, 1.165) is 6.20 Å². The van der Waals surface area contributed by atoms with Gasteiger partial charge in [0.25, 0.3) is 0 Å². The van der Waals surface area contributed by atoms with E-state index in [0.29, 0.717) is 10.9 Å². The van der Waals surface area contributed by atoms with E-state index < -0.39 is 21.5 Å². The number of pyridine rings is 1. The smallest absolute Gasteiger partial charge is 0.208 e. The molecule has 146 valence electrons.